The number of nitrogens with two attached hydrogens (primary N) is 2. The largest absolute Gasteiger partial charge is 1.00 e. The fourth-order valence-corrected chi connectivity index (χ4v) is 0.768. The lowest BCUT2D eigenvalue weighted by Gasteiger charge is -2.00. The minimum Gasteiger partial charge on any atom is -1.00 e. The number of ether oxygens (including phenoxy) is 1. The molecule has 0 heterocycles. The lowest BCUT2D eigenvalue weighted by molar-refractivity contribution is -0.110. The Morgan fingerprint density at radius 2 is 2.33 bits per heavy atom. The van der Waals surface area contributed by atoms with E-state index in [0.717, 1.165) is 0 Å². The highest BCUT2D eigenvalue weighted by Gasteiger charge is 1.99. The molecule has 0 aliphatic carbocycles. The van der Waals surface area contributed by atoms with Crippen molar-refractivity contribution in [3.63, 3.8) is 0 Å². The van der Waals surface area contributed by atoms with Gasteiger partial charge in [0.15, 0.2) is 0 Å². The zero-order chi connectivity index (χ0) is 8.69. The molecule has 0 unspecified atom stereocenters. The SMILES string of the molecule is CNC(=O)OCCSC(N)=[NH2+].[Cl-]. The molecule has 0 aromatic carbocycles. The molecule has 7 heteroatoms. The van der Waals surface area contributed by atoms with Gasteiger partial charge in [-0.05, 0) is 11.8 Å². The third-order valence-corrected chi connectivity index (χ3v) is 1.49. The maximum absolute atomic E-state index is 10.4. The summed E-state index contributed by atoms with van der Waals surface area (Å²) in [5.74, 6) is 0.579. The second-order valence-electron chi connectivity index (χ2n) is 1.64. The molecule has 0 aromatic heterocycles. The van der Waals surface area contributed by atoms with Crippen LogP contribution in [0.15, 0.2) is 0 Å². The Balaban J connectivity index is 0. The number of rotatable bonds is 3. The molecule has 5 nitrogen and oxygen atoms in total. The topological polar surface area (TPSA) is 89.9 Å². The van der Waals surface area contributed by atoms with Crippen LogP contribution in [0.4, 0.5) is 4.79 Å². The van der Waals surface area contributed by atoms with E-state index in [1.165, 1.54) is 18.8 Å². The van der Waals surface area contributed by atoms with Gasteiger partial charge in [-0.25, -0.2) is 4.79 Å². The van der Waals surface area contributed by atoms with Crippen LogP contribution < -0.4 is 28.9 Å². The summed E-state index contributed by atoms with van der Waals surface area (Å²) in [7, 11) is 1.50. The third-order valence-electron chi connectivity index (χ3n) is 0.789. The lowest BCUT2D eigenvalue weighted by atomic mass is 10.8. The average molecular weight is 214 g/mol. The standard InChI is InChI=1S/C5H11N3O2S.ClH/c1-8-5(9)10-2-3-11-4(6)7;/h2-3H2,1H3,(H3,6,7)(H,8,9);1H. The van der Waals surface area contributed by atoms with Crippen LogP contribution >= 0.6 is 11.8 Å². The summed E-state index contributed by atoms with van der Waals surface area (Å²) in [6.07, 6.45) is -0.443. The molecule has 0 saturated heterocycles. The molecule has 12 heavy (non-hydrogen) atoms. The van der Waals surface area contributed by atoms with Gasteiger partial charge in [0.05, 0.1) is 0 Å². The number of halogens is 1. The minimum atomic E-state index is -0.443. The number of carbonyl (C=O) groups excluding carboxylic acids is 1. The summed E-state index contributed by atoms with van der Waals surface area (Å²) in [5, 5.41) is 7.74. The van der Waals surface area contributed by atoms with Crippen molar-refractivity contribution in [3.05, 3.63) is 0 Å². The van der Waals surface area contributed by atoms with Crippen LogP contribution in [0.2, 0.25) is 0 Å². The van der Waals surface area contributed by atoms with Gasteiger partial charge in [-0.1, -0.05) is 0 Å². The van der Waals surface area contributed by atoms with Gasteiger partial charge >= 0.3 is 6.09 Å². The maximum atomic E-state index is 10.4. The van der Waals surface area contributed by atoms with E-state index in [1.807, 2.05) is 0 Å². The van der Waals surface area contributed by atoms with Crippen LogP contribution in [0.5, 0.6) is 0 Å². The summed E-state index contributed by atoms with van der Waals surface area (Å²) in [6, 6.07) is 0. The second-order valence-corrected chi connectivity index (χ2v) is 2.81. The van der Waals surface area contributed by atoms with E-state index < -0.39 is 6.09 Å². The Kier molecular flexibility index (Phi) is 9.84. The fraction of sp³-hybridized carbons (Fsp3) is 0.600. The van der Waals surface area contributed by atoms with Crippen LogP contribution in [0.3, 0.4) is 0 Å². The van der Waals surface area contributed by atoms with Crippen LogP contribution in [0.1, 0.15) is 0 Å². The first-order valence-electron chi connectivity index (χ1n) is 3.02. The first kappa shape index (κ1) is 13.9. The molecule has 0 fully saturated rings. The number of alkyl carbamates (subject to hydrolysis) is 1. The highest BCUT2D eigenvalue weighted by molar-refractivity contribution is 8.13. The molecule has 0 bridgehead atoms. The summed E-state index contributed by atoms with van der Waals surface area (Å²) in [5.41, 5.74) is 5.14. The molecule has 0 atom stereocenters. The number of hydrogen-bond acceptors (Lipinski definition) is 3. The van der Waals surface area contributed by atoms with Crippen molar-refractivity contribution >= 4 is 23.0 Å². The number of thioether (sulfide) groups is 1. The number of amides is 1. The van der Waals surface area contributed by atoms with Gasteiger partial charge in [-0.15, -0.1) is 0 Å². The molecule has 0 spiro atoms. The molecule has 0 aromatic rings. The second kappa shape index (κ2) is 8.48. The quantitative estimate of drug-likeness (QED) is 0.249. The molecular formula is C5H12ClN3O2S. The Hall–Kier alpha value is -0.620. The van der Waals surface area contributed by atoms with Gasteiger partial charge in [0.2, 0.25) is 0 Å². The molecule has 0 radical (unpaired) electrons. The molecule has 0 rings (SSSR count). The monoisotopic (exact) mass is 213 g/mol. The van der Waals surface area contributed by atoms with Crippen molar-refractivity contribution in [1.82, 2.24) is 5.32 Å². The highest BCUT2D eigenvalue weighted by atomic mass is 35.5. The number of amidine groups is 1. The van der Waals surface area contributed by atoms with Crippen molar-refractivity contribution in [2.45, 2.75) is 0 Å². The van der Waals surface area contributed by atoms with E-state index in [9.17, 15) is 4.79 Å². The van der Waals surface area contributed by atoms with E-state index in [2.05, 4.69) is 10.1 Å². The summed E-state index contributed by atoms with van der Waals surface area (Å²) in [6.45, 7) is 0.308. The molecule has 72 valence electrons. The van der Waals surface area contributed by atoms with Crippen molar-refractivity contribution in [2.24, 2.45) is 5.73 Å². The van der Waals surface area contributed by atoms with Crippen molar-refractivity contribution < 1.29 is 27.3 Å². The minimum absolute atomic E-state index is 0. The average Bonchev–Trinajstić information content (AvgIpc) is 1.97. The van der Waals surface area contributed by atoms with Crippen molar-refractivity contribution in [2.75, 3.05) is 19.4 Å². The Bertz CT molecular complexity index is 156. The summed E-state index contributed by atoms with van der Waals surface area (Å²) < 4.78 is 4.65. The first-order valence-corrected chi connectivity index (χ1v) is 4.00. The van der Waals surface area contributed by atoms with Gasteiger partial charge in [0.25, 0.3) is 5.17 Å². The smallest absolute Gasteiger partial charge is 0.406 e. The number of hydrogen-bond donors (Lipinski definition) is 3. The molecule has 0 aliphatic heterocycles. The van der Waals surface area contributed by atoms with Gasteiger partial charge in [-0.2, -0.15) is 0 Å². The zero-order valence-electron chi connectivity index (χ0n) is 6.67. The van der Waals surface area contributed by atoms with Gasteiger partial charge in [-0.3, -0.25) is 11.1 Å². The predicted octanol–water partition coefficient (Wildman–Crippen LogP) is -4.85. The normalized spacial score (nSPS) is 8.08. The molecular weight excluding hydrogens is 202 g/mol. The van der Waals surface area contributed by atoms with E-state index in [-0.39, 0.29) is 17.6 Å². The third kappa shape index (κ3) is 9.38. The molecule has 0 saturated carbocycles. The maximum Gasteiger partial charge on any atom is 0.406 e. The first-order chi connectivity index (χ1) is 5.16. The van der Waals surface area contributed by atoms with E-state index in [0.29, 0.717) is 12.4 Å². The zero-order valence-corrected chi connectivity index (χ0v) is 8.24. The van der Waals surface area contributed by atoms with Crippen LogP contribution in [0, 0.1) is 0 Å². The van der Waals surface area contributed by atoms with Crippen molar-refractivity contribution in [1.29, 1.82) is 0 Å². The Labute approximate surface area is 81.3 Å². The summed E-state index contributed by atoms with van der Waals surface area (Å²) in [4.78, 5) is 10.4. The Morgan fingerprint density at radius 1 is 1.75 bits per heavy atom. The lowest BCUT2D eigenvalue weighted by Crippen LogP contribution is -3.00. The van der Waals surface area contributed by atoms with Crippen molar-refractivity contribution in [3.8, 4) is 0 Å². The summed E-state index contributed by atoms with van der Waals surface area (Å²) >= 11 is 1.25. The predicted molar refractivity (Wildman–Crippen MR) is 44.0 cm³/mol. The highest BCUT2D eigenvalue weighted by Crippen LogP contribution is 1.94. The number of carbonyl (C=O) groups is 1. The van der Waals surface area contributed by atoms with Crippen LogP contribution in [-0.2, 0) is 4.74 Å². The van der Waals surface area contributed by atoms with E-state index in [1.54, 1.807) is 0 Å². The molecule has 0 aliphatic rings. The van der Waals surface area contributed by atoms with E-state index >= 15 is 0 Å². The number of nitrogens with one attached hydrogen (secondary N) is 1. The molecule has 1 amide bonds. The van der Waals surface area contributed by atoms with Gasteiger partial charge in [0.1, 0.15) is 6.61 Å². The van der Waals surface area contributed by atoms with Crippen LogP contribution in [-0.4, -0.2) is 30.7 Å². The van der Waals surface area contributed by atoms with E-state index in [4.69, 9.17) is 11.1 Å². The van der Waals surface area contributed by atoms with Gasteiger partial charge < -0.3 is 22.5 Å². The Morgan fingerprint density at radius 3 is 2.75 bits per heavy atom. The molecule has 5 N–H and O–H groups in total. The fourth-order valence-electron chi connectivity index (χ4n) is 0.366. The van der Waals surface area contributed by atoms with Gasteiger partial charge in [0, 0.05) is 12.8 Å². The van der Waals surface area contributed by atoms with Crippen LogP contribution in [0.25, 0.3) is 0 Å².